The molecule has 0 bridgehead atoms. The zero-order chi connectivity index (χ0) is 21.8. The van der Waals surface area contributed by atoms with E-state index in [-0.39, 0.29) is 16.6 Å². The Hall–Kier alpha value is -2.29. The van der Waals surface area contributed by atoms with Crippen LogP contribution < -0.4 is 0 Å². The summed E-state index contributed by atoms with van der Waals surface area (Å²) in [6.45, 7) is 2.66. The quantitative estimate of drug-likeness (QED) is 0.708. The highest BCUT2D eigenvalue weighted by Crippen LogP contribution is 2.24. The van der Waals surface area contributed by atoms with Crippen LogP contribution in [0, 0.1) is 11.7 Å². The van der Waals surface area contributed by atoms with Gasteiger partial charge in [0.05, 0.1) is 18.1 Å². The van der Waals surface area contributed by atoms with E-state index in [1.54, 1.807) is 17.0 Å². The van der Waals surface area contributed by atoms with Crippen LogP contribution in [0.3, 0.4) is 0 Å². The minimum atomic E-state index is -3.64. The fourth-order valence-corrected chi connectivity index (χ4v) is 5.66. The molecule has 0 spiro atoms. The van der Waals surface area contributed by atoms with Crippen molar-refractivity contribution in [1.82, 2.24) is 9.21 Å². The lowest BCUT2D eigenvalue weighted by atomic mass is 9.90. The van der Waals surface area contributed by atoms with Crippen molar-refractivity contribution in [2.45, 2.75) is 24.2 Å². The Morgan fingerprint density at radius 3 is 2.35 bits per heavy atom. The predicted octanol–water partition coefficient (Wildman–Crippen LogP) is 2.94. The highest BCUT2D eigenvalue weighted by molar-refractivity contribution is 7.89. The van der Waals surface area contributed by atoms with Gasteiger partial charge < -0.3 is 9.64 Å². The number of carbonyl (C=O) groups is 1. The van der Waals surface area contributed by atoms with Gasteiger partial charge in [-0.15, -0.1) is 0 Å². The molecule has 2 fully saturated rings. The lowest BCUT2D eigenvalue weighted by molar-refractivity contribution is 0.0689. The molecule has 4 rings (SSSR count). The van der Waals surface area contributed by atoms with E-state index in [0.717, 1.165) is 24.8 Å². The lowest BCUT2D eigenvalue weighted by Gasteiger charge is -2.32. The number of amides is 1. The molecule has 0 aliphatic carbocycles. The average Bonchev–Trinajstić information content (AvgIpc) is 2.81. The maximum Gasteiger partial charge on any atom is 0.253 e. The molecule has 0 N–H and O–H groups in total. The van der Waals surface area contributed by atoms with E-state index in [1.165, 1.54) is 28.6 Å². The van der Waals surface area contributed by atoms with Crippen molar-refractivity contribution < 1.29 is 22.3 Å². The topological polar surface area (TPSA) is 66.9 Å². The minimum Gasteiger partial charge on any atom is -0.379 e. The molecule has 8 heteroatoms. The summed E-state index contributed by atoms with van der Waals surface area (Å²) < 4.78 is 45.5. The Morgan fingerprint density at radius 1 is 1.00 bits per heavy atom. The van der Waals surface area contributed by atoms with Gasteiger partial charge in [-0.25, -0.2) is 12.8 Å². The SMILES string of the molecule is O=C(c1cccc(S(=O)(=O)N2CCOCC2)c1)N1CCC(Cc2ccc(F)cc2)CC1. The van der Waals surface area contributed by atoms with Crippen molar-refractivity contribution in [3.63, 3.8) is 0 Å². The predicted molar refractivity (Wildman–Crippen MR) is 115 cm³/mol. The Bertz CT molecular complexity index is 1010. The molecule has 0 unspecified atom stereocenters. The highest BCUT2D eigenvalue weighted by Gasteiger charge is 2.28. The van der Waals surface area contributed by atoms with Gasteiger partial charge in [-0.1, -0.05) is 18.2 Å². The Kier molecular flexibility index (Phi) is 6.69. The summed E-state index contributed by atoms with van der Waals surface area (Å²) in [5, 5.41) is 0. The van der Waals surface area contributed by atoms with E-state index < -0.39 is 10.0 Å². The molecule has 0 radical (unpaired) electrons. The zero-order valence-electron chi connectivity index (χ0n) is 17.4. The Morgan fingerprint density at radius 2 is 1.68 bits per heavy atom. The molecule has 2 heterocycles. The fourth-order valence-electron chi connectivity index (χ4n) is 4.20. The van der Waals surface area contributed by atoms with Gasteiger partial charge in [-0.05, 0) is 61.1 Å². The van der Waals surface area contributed by atoms with Crippen LogP contribution in [-0.2, 0) is 21.2 Å². The van der Waals surface area contributed by atoms with E-state index >= 15 is 0 Å². The van der Waals surface area contributed by atoms with E-state index in [1.807, 2.05) is 12.1 Å². The molecule has 31 heavy (non-hydrogen) atoms. The van der Waals surface area contributed by atoms with Crippen LogP contribution in [0.25, 0.3) is 0 Å². The summed E-state index contributed by atoms with van der Waals surface area (Å²) in [4.78, 5) is 15.0. The fraction of sp³-hybridized carbons (Fsp3) is 0.435. The van der Waals surface area contributed by atoms with Crippen LogP contribution in [0.5, 0.6) is 0 Å². The van der Waals surface area contributed by atoms with Crippen molar-refractivity contribution in [3.05, 3.63) is 65.5 Å². The first-order chi connectivity index (χ1) is 14.9. The number of piperidine rings is 1. The van der Waals surface area contributed by atoms with Gasteiger partial charge in [0.1, 0.15) is 5.82 Å². The smallest absolute Gasteiger partial charge is 0.253 e. The van der Waals surface area contributed by atoms with Crippen molar-refractivity contribution in [2.24, 2.45) is 5.92 Å². The molecule has 0 atom stereocenters. The van der Waals surface area contributed by atoms with E-state index in [0.29, 0.717) is 50.9 Å². The number of halogens is 1. The van der Waals surface area contributed by atoms with Crippen molar-refractivity contribution in [1.29, 1.82) is 0 Å². The van der Waals surface area contributed by atoms with Crippen LogP contribution in [-0.4, -0.2) is 62.9 Å². The average molecular weight is 447 g/mol. The molecule has 166 valence electrons. The minimum absolute atomic E-state index is 0.140. The molecule has 1 amide bonds. The molecule has 2 aromatic rings. The molecule has 0 aromatic heterocycles. The molecular weight excluding hydrogens is 419 g/mol. The molecule has 0 saturated carbocycles. The first kappa shape index (κ1) is 21.9. The summed E-state index contributed by atoms with van der Waals surface area (Å²) in [6, 6.07) is 12.9. The molecule has 2 aliphatic rings. The number of carbonyl (C=O) groups excluding carboxylic acids is 1. The van der Waals surface area contributed by atoms with E-state index in [9.17, 15) is 17.6 Å². The second-order valence-corrected chi connectivity index (χ2v) is 10.0. The molecule has 2 aliphatic heterocycles. The van der Waals surface area contributed by atoms with E-state index in [2.05, 4.69) is 0 Å². The first-order valence-electron chi connectivity index (χ1n) is 10.7. The normalized spacial score (nSPS) is 18.8. The summed E-state index contributed by atoms with van der Waals surface area (Å²) in [6.07, 6.45) is 2.61. The van der Waals surface area contributed by atoms with Gasteiger partial charge in [0.2, 0.25) is 10.0 Å². The van der Waals surface area contributed by atoms with Gasteiger partial charge in [0.25, 0.3) is 5.91 Å². The number of nitrogens with zero attached hydrogens (tertiary/aromatic N) is 2. The number of likely N-dealkylation sites (tertiary alicyclic amines) is 1. The van der Waals surface area contributed by atoms with E-state index in [4.69, 9.17) is 4.74 Å². The van der Waals surface area contributed by atoms with Gasteiger partial charge >= 0.3 is 0 Å². The standard InChI is InChI=1S/C23H27FN2O4S/c24-21-6-4-18(5-7-21)16-19-8-10-25(11-9-19)23(27)20-2-1-3-22(17-20)31(28,29)26-12-14-30-15-13-26/h1-7,17,19H,8-16H2. The first-order valence-corrected chi connectivity index (χ1v) is 12.1. The Labute approximate surface area is 182 Å². The summed E-state index contributed by atoms with van der Waals surface area (Å²) in [5.41, 5.74) is 1.50. The number of sulfonamides is 1. The lowest BCUT2D eigenvalue weighted by Crippen LogP contribution is -2.41. The molecule has 2 saturated heterocycles. The second kappa shape index (κ2) is 9.46. The summed E-state index contributed by atoms with van der Waals surface area (Å²) >= 11 is 0. The van der Waals surface area contributed by atoms with Crippen molar-refractivity contribution >= 4 is 15.9 Å². The maximum absolute atomic E-state index is 13.1. The second-order valence-electron chi connectivity index (χ2n) is 8.11. The van der Waals surface area contributed by atoms with Gasteiger partial charge in [-0.2, -0.15) is 4.31 Å². The number of morpholine rings is 1. The van der Waals surface area contributed by atoms with Crippen LogP contribution in [0.1, 0.15) is 28.8 Å². The third-order valence-corrected chi connectivity index (χ3v) is 7.92. The number of benzene rings is 2. The highest BCUT2D eigenvalue weighted by atomic mass is 32.2. The summed E-state index contributed by atoms with van der Waals surface area (Å²) in [7, 11) is -3.64. The molecular formula is C23H27FN2O4S. The number of rotatable bonds is 5. The number of hydrogen-bond donors (Lipinski definition) is 0. The monoisotopic (exact) mass is 446 g/mol. The molecule has 6 nitrogen and oxygen atoms in total. The van der Waals surface area contributed by atoms with Gasteiger partial charge in [0.15, 0.2) is 0 Å². The van der Waals surface area contributed by atoms with Gasteiger partial charge in [-0.3, -0.25) is 4.79 Å². The van der Waals surface area contributed by atoms with Crippen molar-refractivity contribution in [3.8, 4) is 0 Å². The van der Waals surface area contributed by atoms with Crippen LogP contribution in [0.2, 0.25) is 0 Å². The maximum atomic E-state index is 13.1. The zero-order valence-corrected chi connectivity index (χ0v) is 18.2. The number of hydrogen-bond acceptors (Lipinski definition) is 4. The third kappa shape index (κ3) is 5.14. The Balaban J connectivity index is 1.39. The largest absolute Gasteiger partial charge is 0.379 e. The summed E-state index contributed by atoms with van der Waals surface area (Å²) in [5.74, 6) is 0.0730. The van der Waals surface area contributed by atoms with Crippen molar-refractivity contribution in [2.75, 3.05) is 39.4 Å². The van der Waals surface area contributed by atoms with Gasteiger partial charge in [0, 0.05) is 31.7 Å². The molecule has 2 aromatic carbocycles. The van der Waals surface area contributed by atoms with Crippen LogP contribution in [0.4, 0.5) is 4.39 Å². The third-order valence-electron chi connectivity index (χ3n) is 6.03. The number of ether oxygens (including phenoxy) is 1. The van der Waals surface area contributed by atoms with Crippen LogP contribution in [0.15, 0.2) is 53.4 Å². The van der Waals surface area contributed by atoms with Crippen LogP contribution >= 0.6 is 0 Å².